The van der Waals surface area contributed by atoms with Gasteiger partial charge in [-0.1, -0.05) is 107 Å². The zero-order valence-electron chi connectivity index (χ0n) is 14.8. The van der Waals surface area contributed by atoms with E-state index in [0.29, 0.717) is 5.92 Å². The predicted octanol–water partition coefficient (Wildman–Crippen LogP) is 7.14. The summed E-state index contributed by atoms with van der Waals surface area (Å²) in [4.78, 5) is 0. The fraction of sp³-hybridized carbons (Fsp3) is 0.200. The average molecular weight is 403 g/mol. The Bertz CT molecular complexity index is 841. The Morgan fingerprint density at radius 1 is 0.731 bits per heavy atom. The van der Waals surface area contributed by atoms with E-state index in [4.69, 9.17) is 0 Å². The summed E-state index contributed by atoms with van der Waals surface area (Å²) >= 11 is 3.87. The fourth-order valence-electron chi connectivity index (χ4n) is 4.46. The number of hydrogen-bond donors (Lipinski definition) is 0. The van der Waals surface area contributed by atoms with Crippen molar-refractivity contribution in [3.05, 3.63) is 118 Å². The molecule has 0 aromatic heterocycles. The number of halogens is 1. The maximum absolute atomic E-state index is 3.87. The Morgan fingerprint density at radius 2 is 1.31 bits per heavy atom. The maximum atomic E-state index is 3.87. The third-order valence-electron chi connectivity index (χ3n) is 5.57. The molecule has 0 spiro atoms. The number of hydrogen-bond acceptors (Lipinski definition) is 0. The molecule has 130 valence electrons. The summed E-state index contributed by atoms with van der Waals surface area (Å²) < 4.78 is 1.17. The lowest BCUT2D eigenvalue weighted by Crippen LogP contribution is -2.38. The summed E-state index contributed by atoms with van der Waals surface area (Å²) in [7, 11) is 0. The van der Waals surface area contributed by atoms with Gasteiger partial charge in [0.05, 0.1) is 5.41 Å². The van der Waals surface area contributed by atoms with E-state index in [-0.39, 0.29) is 5.41 Å². The van der Waals surface area contributed by atoms with E-state index in [1.807, 2.05) is 0 Å². The summed E-state index contributed by atoms with van der Waals surface area (Å²) in [5.74, 6) is 0.430. The second kappa shape index (κ2) is 7.63. The van der Waals surface area contributed by atoms with Crippen LogP contribution in [0.5, 0.6) is 0 Å². The summed E-state index contributed by atoms with van der Waals surface area (Å²) in [5, 5.41) is 0. The molecule has 0 fully saturated rings. The molecule has 0 aliphatic heterocycles. The number of rotatable bonds is 4. The minimum atomic E-state index is -0.195. The highest BCUT2D eigenvalue weighted by molar-refractivity contribution is 9.10. The Labute approximate surface area is 164 Å². The van der Waals surface area contributed by atoms with Crippen LogP contribution in [0.2, 0.25) is 0 Å². The minimum absolute atomic E-state index is 0.195. The Hall–Kier alpha value is -2.12. The molecule has 1 heteroatoms. The van der Waals surface area contributed by atoms with Crippen LogP contribution in [-0.2, 0) is 5.41 Å². The molecule has 0 nitrogen and oxygen atoms in total. The normalized spacial score (nSPS) is 17.2. The summed E-state index contributed by atoms with van der Waals surface area (Å²) in [5.41, 5.74) is 3.86. The molecule has 0 N–H and O–H groups in total. The lowest BCUT2D eigenvalue weighted by molar-refractivity contribution is 0.397. The van der Waals surface area contributed by atoms with E-state index >= 15 is 0 Å². The summed E-state index contributed by atoms with van der Waals surface area (Å²) in [6.07, 6.45) is 8.44. The van der Waals surface area contributed by atoms with Gasteiger partial charge >= 0.3 is 0 Å². The first-order valence-electron chi connectivity index (χ1n) is 9.36. The zero-order valence-corrected chi connectivity index (χ0v) is 16.4. The topological polar surface area (TPSA) is 0 Å². The van der Waals surface area contributed by atoms with Gasteiger partial charge in [0.1, 0.15) is 0 Å². The molecule has 3 aromatic carbocycles. The van der Waals surface area contributed by atoms with Crippen molar-refractivity contribution in [2.45, 2.75) is 24.7 Å². The van der Waals surface area contributed by atoms with Crippen LogP contribution in [0.1, 0.15) is 36.0 Å². The molecule has 0 amide bonds. The fourth-order valence-corrected chi connectivity index (χ4v) is 5.06. The molecule has 0 bridgehead atoms. The first-order chi connectivity index (χ1) is 12.8. The van der Waals surface area contributed by atoms with Crippen molar-refractivity contribution in [2.24, 2.45) is 5.92 Å². The molecule has 0 radical (unpaired) electrons. The van der Waals surface area contributed by atoms with Gasteiger partial charge in [0.2, 0.25) is 0 Å². The molecule has 0 saturated carbocycles. The van der Waals surface area contributed by atoms with Gasteiger partial charge in [-0.05, 0) is 47.9 Å². The molecular weight excluding hydrogens is 380 g/mol. The van der Waals surface area contributed by atoms with Crippen LogP contribution < -0.4 is 0 Å². The van der Waals surface area contributed by atoms with E-state index in [1.54, 1.807) is 0 Å². The minimum Gasteiger partial charge on any atom is -0.0882 e. The van der Waals surface area contributed by atoms with E-state index < -0.39 is 0 Å². The largest absolute Gasteiger partial charge is 0.0882 e. The van der Waals surface area contributed by atoms with E-state index in [2.05, 4.69) is 113 Å². The smallest absolute Gasteiger partial charge is 0.0524 e. The molecule has 1 atom stereocenters. The Balaban J connectivity index is 2.08. The van der Waals surface area contributed by atoms with Gasteiger partial charge in [-0.3, -0.25) is 0 Å². The highest BCUT2D eigenvalue weighted by Crippen LogP contribution is 2.50. The lowest BCUT2D eigenvalue weighted by Gasteiger charge is -2.43. The quantitative estimate of drug-likeness (QED) is 0.321. The number of benzene rings is 3. The Kier molecular flexibility index (Phi) is 5.08. The highest BCUT2D eigenvalue weighted by atomic mass is 79.9. The third kappa shape index (κ3) is 2.95. The standard InChI is InChI=1S/C25H23Br/c26-24-19-11-10-18-23(24)25(20-12-4-1-5-13-20,21-14-6-2-7-15-21)22-16-8-3-9-17-22/h1-2,4-8,10-16,18-19,22H,3,9,17H2. The van der Waals surface area contributed by atoms with Gasteiger partial charge in [-0.2, -0.15) is 0 Å². The number of allylic oxidation sites excluding steroid dienone is 2. The van der Waals surface area contributed by atoms with Gasteiger partial charge in [0.25, 0.3) is 0 Å². The van der Waals surface area contributed by atoms with Gasteiger partial charge in [0.15, 0.2) is 0 Å². The van der Waals surface area contributed by atoms with Crippen LogP contribution in [0.15, 0.2) is 102 Å². The Morgan fingerprint density at radius 3 is 1.85 bits per heavy atom. The summed E-state index contributed by atoms with van der Waals surface area (Å²) in [6, 6.07) is 30.7. The van der Waals surface area contributed by atoms with Crippen LogP contribution in [-0.4, -0.2) is 0 Å². The third-order valence-corrected chi connectivity index (χ3v) is 6.26. The van der Waals surface area contributed by atoms with Crippen molar-refractivity contribution in [1.29, 1.82) is 0 Å². The molecule has 0 heterocycles. The molecule has 0 saturated heterocycles. The molecule has 3 aromatic rings. The van der Waals surface area contributed by atoms with Crippen molar-refractivity contribution in [1.82, 2.24) is 0 Å². The van der Waals surface area contributed by atoms with Crippen molar-refractivity contribution in [3.8, 4) is 0 Å². The van der Waals surface area contributed by atoms with Crippen LogP contribution >= 0.6 is 15.9 Å². The monoisotopic (exact) mass is 402 g/mol. The highest BCUT2D eigenvalue weighted by Gasteiger charge is 2.43. The molecule has 26 heavy (non-hydrogen) atoms. The summed E-state index contributed by atoms with van der Waals surface area (Å²) in [6.45, 7) is 0. The van der Waals surface area contributed by atoms with Crippen LogP contribution in [0.4, 0.5) is 0 Å². The van der Waals surface area contributed by atoms with Crippen molar-refractivity contribution < 1.29 is 0 Å². The first-order valence-corrected chi connectivity index (χ1v) is 10.2. The lowest BCUT2D eigenvalue weighted by atomic mass is 9.60. The van der Waals surface area contributed by atoms with Crippen molar-refractivity contribution >= 4 is 15.9 Å². The van der Waals surface area contributed by atoms with Crippen LogP contribution in [0.25, 0.3) is 0 Å². The molecule has 1 aliphatic rings. The van der Waals surface area contributed by atoms with E-state index in [0.717, 1.165) is 0 Å². The second-order valence-corrected chi connectivity index (χ2v) is 7.84. The molecule has 1 unspecified atom stereocenters. The van der Waals surface area contributed by atoms with E-state index in [1.165, 1.54) is 40.4 Å². The second-order valence-electron chi connectivity index (χ2n) is 6.99. The SMILES string of the molecule is Brc1ccccc1C(c1ccccc1)(c1ccccc1)C1C=CCCC1. The first kappa shape index (κ1) is 17.3. The predicted molar refractivity (Wildman–Crippen MR) is 113 cm³/mol. The van der Waals surface area contributed by atoms with Crippen LogP contribution in [0.3, 0.4) is 0 Å². The maximum Gasteiger partial charge on any atom is 0.0524 e. The van der Waals surface area contributed by atoms with E-state index in [9.17, 15) is 0 Å². The van der Waals surface area contributed by atoms with Gasteiger partial charge in [-0.25, -0.2) is 0 Å². The van der Waals surface area contributed by atoms with Crippen molar-refractivity contribution in [2.75, 3.05) is 0 Å². The molecular formula is C25H23Br. The zero-order chi connectivity index (χ0) is 17.8. The van der Waals surface area contributed by atoms with Gasteiger partial charge in [0, 0.05) is 4.47 Å². The molecule has 1 aliphatic carbocycles. The van der Waals surface area contributed by atoms with Crippen molar-refractivity contribution in [3.63, 3.8) is 0 Å². The van der Waals surface area contributed by atoms with Gasteiger partial charge < -0.3 is 0 Å². The van der Waals surface area contributed by atoms with Gasteiger partial charge in [-0.15, -0.1) is 0 Å². The molecule has 4 rings (SSSR count). The average Bonchev–Trinajstić information content (AvgIpc) is 2.72. The van der Waals surface area contributed by atoms with Crippen LogP contribution in [0, 0.1) is 5.92 Å².